The van der Waals surface area contributed by atoms with Crippen molar-refractivity contribution in [2.75, 3.05) is 13.2 Å². The van der Waals surface area contributed by atoms with Gasteiger partial charge < -0.3 is 15.4 Å². The summed E-state index contributed by atoms with van der Waals surface area (Å²) in [6, 6.07) is 9.95. The van der Waals surface area contributed by atoms with Crippen LogP contribution in [-0.4, -0.2) is 31.1 Å². The fraction of sp³-hybridized carbons (Fsp3) is 0.682. The number of carbonyl (C=O) groups is 1. The fourth-order valence-electron chi connectivity index (χ4n) is 5.10. The number of hydrogen-bond donors (Lipinski definition) is 2. The normalized spacial score (nSPS) is 33.8. The number of fused-ring (bicyclic) bond motifs is 2. The van der Waals surface area contributed by atoms with Gasteiger partial charge in [0.2, 0.25) is 5.91 Å². The van der Waals surface area contributed by atoms with E-state index in [-0.39, 0.29) is 12.0 Å². The third-order valence-corrected chi connectivity index (χ3v) is 6.46. The molecule has 26 heavy (non-hydrogen) atoms. The van der Waals surface area contributed by atoms with Crippen LogP contribution in [0.2, 0.25) is 0 Å². The lowest BCUT2D eigenvalue weighted by atomic mass is 9.88. The van der Waals surface area contributed by atoms with Gasteiger partial charge in [-0.25, -0.2) is 0 Å². The highest BCUT2D eigenvalue weighted by Crippen LogP contribution is 2.34. The predicted molar refractivity (Wildman–Crippen MR) is 103 cm³/mol. The quantitative estimate of drug-likeness (QED) is 0.849. The maximum atomic E-state index is 12.5. The molecule has 0 aliphatic carbocycles. The molecular formula is C22H32N2O2. The van der Waals surface area contributed by atoms with Crippen LogP contribution in [0.1, 0.15) is 62.2 Å². The van der Waals surface area contributed by atoms with E-state index in [1.807, 2.05) is 0 Å². The van der Waals surface area contributed by atoms with Crippen molar-refractivity contribution < 1.29 is 9.53 Å². The van der Waals surface area contributed by atoms with E-state index in [9.17, 15) is 4.79 Å². The molecule has 3 aliphatic heterocycles. The maximum absolute atomic E-state index is 12.5. The van der Waals surface area contributed by atoms with Crippen molar-refractivity contribution in [1.29, 1.82) is 0 Å². The van der Waals surface area contributed by atoms with Gasteiger partial charge in [-0.1, -0.05) is 29.8 Å². The molecule has 4 unspecified atom stereocenters. The van der Waals surface area contributed by atoms with Crippen molar-refractivity contribution in [3.63, 3.8) is 0 Å². The van der Waals surface area contributed by atoms with Crippen molar-refractivity contribution in [1.82, 2.24) is 10.6 Å². The van der Waals surface area contributed by atoms with E-state index in [0.29, 0.717) is 30.3 Å². The largest absolute Gasteiger partial charge is 0.373 e. The number of amides is 1. The molecule has 3 saturated heterocycles. The Morgan fingerprint density at radius 2 is 1.88 bits per heavy atom. The van der Waals surface area contributed by atoms with E-state index < -0.39 is 0 Å². The zero-order chi connectivity index (χ0) is 17.9. The summed E-state index contributed by atoms with van der Waals surface area (Å²) in [5, 5.41) is 6.88. The third-order valence-electron chi connectivity index (χ3n) is 6.46. The van der Waals surface area contributed by atoms with E-state index in [4.69, 9.17) is 4.74 Å². The minimum Gasteiger partial charge on any atom is -0.373 e. The molecule has 0 spiro atoms. The Morgan fingerprint density at radius 3 is 2.62 bits per heavy atom. The molecule has 142 valence electrons. The first kappa shape index (κ1) is 18.0. The smallest absolute Gasteiger partial charge is 0.220 e. The Bertz CT molecular complexity index is 603. The third kappa shape index (κ3) is 4.29. The highest BCUT2D eigenvalue weighted by atomic mass is 16.5. The van der Waals surface area contributed by atoms with E-state index >= 15 is 0 Å². The van der Waals surface area contributed by atoms with E-state index in [0.717, 1.165) is 26.0 Å². The second-order valence-corrected chi connectivity index (χ2v) is 8.59. The van der Waals surface area contributed by atoms with Crippen LogP contribution in [0, 0.1) is 18.8 Å². The number of piperidine rings is 1. The van der Waals surface area contributed by atoms with Crippen LogP contribution in [0.15, 0.2) is 24.3 Å². The van der Waals surface area contributed by atoms with Gasteiger partial charge in [0, 0.05) is 37.6 Å². The molecule has 0 aromatic heterocycles. The minimum atomic E-state index is 0.111. The van der Waals surface area contributed by atoms with Gasteiger partial charge in [-0.05, 0) is 56.9 Å². The van der Waals surface area contributed by atoms with Crippen LogP contribution in [0.25, 0.3) is 0 Å². The summed E-state index contributed by atoms with van der Waals surface area (Å²) >= 11 is 0. The lowest BCUT2D eigenvalue weighted by Crippen LogP contribution is -2.40. The number of nitrogens with one attached hydrogen (secondary N) is 2. The van der Waals surface area contributed by atoms with Crippen LogP contribution >= 0.6 is 0 Å². The summed E-state index contributed by atoms with van der Waals surface area (Å²) in [6.45, 7) is 3.66. The van der Waals surface area contributed by atoms with Crippen molar-refractivity contribution in [2.24, 2.45) is 11.8 Å². The summed E-state index contributed by atoms with van der Waals surface area (Å²) < 4.78 is 6.08. The number of ether oxygens (including phenoxy) is 1. The molecule has 2 bridgehead atoms. The molecule has 4 atom stereocenters. The van der Waals surface area contributed by atoms with E-state index in [1.54, 1.807) is 0 Å². The summed E-state index contributed by atoms with van der Waals surface area (Å²) in [7, 11) is 0. The lowest BCUT2D eigenvalue weighted by molar-refractivity contribution is -0.123. The van der Waals surface area contributed by atoms with Crippen molar-refractivity contribution >= 4 is 5.91 Å². The summed E-state index contributed by atoms with van der Waals surface area (Å²) in [5.74, 6) is 1.16. The first-order valence-corrected chi connectivity index (χ1v) is 10.4. The topological polar surface area (TPSA) is 50.4 Å². The monoisotopic (exact) mass is 356 g/mol. The Kier molecular flexibility index (Phi) is 5.60. The maximum Gasteiger partial charge on any atom is 0.220 e. The number of aryl methyl sites for hydroxylation is 1. The van der Waals surface area contributed by atoms with Crippen LogP contribution < -0.4 is 10.6 Å². The number of benzene rings is 1. The first-order valence-electron chi connectivity index (χ1n) is 10.4. The molecule has 3 aliphatic rings. The van der Waals surface area contributed by atoms with Crippen LogP contribution in [0.5, 0.6) is 0 Å². The molecule has 3 heterocycles. The molecular weight excluding hydrogens is 324 g/mol. The Balaban J connectivity index is 1.29. The standard InChI is InChI=1S/C22H32N2O2/c1-15-4-6-17(7-5-15)22-18(3-2-10-26-22)14-23-21(25)13-16-11-19-8-9-20(12-16)24-19/h4-7,16,18-20,22,24H,2-3,8-14H2,1H3,(H,23,25). The molecule has 4 nitrogen and oxygen atoms in total. The zero-order valence-corrected chi connectivity index (χ0v) is 15.9. The molecule has 4 rings (SSSR count). The second kappa shape index (κ2) is 8.10. The van der Waals surface area contributed by atoms with Gasteiger partial charge in [-0.2, -0.15) is 0 Å². The first-order chi connectivity index (χ1) is 12.7. The molecule has 1 aromatic carbocycles. The van der Waals surface area contributed by atoms with Gasteiger partial charge in [0.1, 0.15) is 0 Å². The molecule has 4 heteroatoms. The molecule has 2 N–H and O–H groups in total. The minimum absolute atomic E-state index is 0.111. The Hall–Kier alpha value is -1.39. The van der Waals surface area contributed by atoms with Crippen LogP contribution in [0.3, 0.4) is 0 Å². The van der Waals surface area contributed by atoms with Crippen molar-refractivity contribution in [3.05, 3.63) is 35.4 Å². The van der Waals surface area contributed by atoms with Gasteiger partial charge in [0.25, 0.3) is 0 Å². The molecule has 1 aromatic rings. The number of hydrogen-bond acceptors (Lipinski definition) is 3. The SMILES string of the molecule is Cc1ccc(C2OCCCC2CNC(=O)CC2CC3CCC(C2)N3)cc1. The van der Waals surface area contributed by atoms with Gasteiger partial charge in [-0.3, -0.25) is 4.79 Å². The average Bonchev–Trinajstić information content (AvgIpc) is 2.99. The second-order valence-electron chi connectivity index (χ2n) is 8.59. The van der Waals surface area contributed by atoms with Gasteiger partial charge in [-0.15, -0.1) is 0 Å². The molecule has 3 fully saturated rings. The molecule has 0 radical (unpaired) electrons. The van der Waals surface area contributed by atoms with Gasteiger partial charge in [0.15, 0.2) is 0 Å². The number of carbonyl (C=O) groups excluding carboxylic acids is 1. The molecule has 0 saturated carbocycles. The highest BCUT2D eigenvalue weighted by molar-refractivity contribution is 5.76. The zero-order valence-electron chi connectivity index (χ0n) is 15.9. The van der Waals surface area contributed by atoms with E-state index in [1.165, 1.54) is 36.8 Å². The summed E-state index contributed by atoms with van der Waals surface area (Å²) in [4.78, 5) is 12.5. The number of rotatable bonds is 5. The summed E-state index contributed by atoms with van der Waals surface area (Å²) in [6.07, 6.45) is 7.93. The van der Waals surface area contributed by atoms with Crippen molar-refractivity contribution in [2.45, 2.75) is 70.1 Å². The van der Waals surface area contributed by atoms with Gasteiger partial charge >= 0.3 is 0 Å². The Morgan fingerprint density at radius 1 is 1.15 bits per heavy atom. The fourth-order valence-corrected chi connectivity index (χ4v) is 5.10. The Labute approximate surface area is 157 Å². The average molecular weight is 357 g/mol. The lowest BCUT2D eigenvalue weighted by Gasteiger charge is -2.33. The van der Waals surface area contributed by atoms with Crippen LogP contribution in [-0.2, 0) is 9.53 Å². The van der Waals surface area contributed by atoms with Gasteiger partial charge in [0.05, 0.1) is 6.10 Å². The van der Waals surface area contributed by atoms with Crippen LogP contribution in [0.4, 0.5) is 0 Å². The van der Waals surface area contributed by atoms with E-state index in [2.05, 4.69) is 41.8 Å². The predicted octanol–water partition coefficient (Wildman–Crippen LogP) is 3.50. The van der Waals surface area contributed by atoms with Crippen molar-refractivity contribution in [3.8, 4) is 0 Å². The summed E-state index contributed by atoms with van der Waals surface area (Å²) in [5.41, 5.74) is 2.51. The highest BCUT2D eigenvalue weighted by Gasteiger charge is 2.34. The molecule has 1 amide bonds.